The molecular formula is C29H28N2O2. The number of nitrogens with zero attached hydrogens (tertiary/aromatic N) is 2. The predicted octanol–water partition coefficient (Wildman–Crippen LogP) is 5.48. The van der Waals surface area contributed by atoms with Crippen molar-refractivity contribution in [2.24, 2.45) is 0 Å². The summed E-state index contributed by atoms with van der Waals surface area (Å²) in [5.41, 5.74) is 6.10. The Balaban J connectivity index is 1.41. The largest absolute Gasteiger partial charge is 0.284 e. The molecule has 4 nitrogen and oxygen atoms in total. The third kappa shape index (κ3) is 3.70. The van der Waals surface area contributed by atoms with Crippen LogP contribution in [0, 0.1) is 0 Å². The van der Waals surface area contributed by atoms with Crippen LogP contribution in [-0.4, -0.2) is 40.7 Å². The predicted molar refractivity (Wildman–Crippen MR) is 130 cm³/mol. The molecule has 0 bridgehead atoms. The molecule has 0 aromatic heterocycles. The molecule has 1 unspecified atom stereocenters. The van der Waals surface area contributed by atoms with Crippen molar-refractivity contribution < 1.29 is 9.59 Å². The van der Waals surface area contributed by atoms with E-state index in [0.29, 0.717) is 11.1 Å². The average Bonchev–Trinajstić information content (AvgIpc) is 3.09. The lowest BCUT2D eigenvalue weighted by Gasteiger charge is -2.43. The minimum absolute atomic E-state index is 0.183. The van der Waals surface area contributed by atoms with Crippen LogP contribution in [0.3, 0.4) is 0 Å². The number of benzene rings is 3. The van der Waals surface area contributed by atoms with E-state index in [9.17, 15) is 9.59 Å². The minimum atomic E-state index is -0.244. The summed E-state index contributed by atoms with van der Waals surface area (Å²) in [4.78, 5) is 29.9. The molecule has 0 N–H and O–H groups in total. The summed E-state index contributed by atoms with van der Waals surface area (Å²) in [6.07, 6.45) is 0.819. The number of carbonyl (C=O) groups excluding carboxylic acids is 2. The number of imide groups is 1. The van der Waals surface area contributed by atoms with Crippen LogP contribution >= 0.6 is 0 Å². The summed E-state index contributed by atoms with van der Waals surface area (Å²) in [7, 11) is 0. The van der Waals surface area contributed by atoms with E-state index in [1.54, 1.807) is 12.1 Å². The number of carbonyl (C=O) groups is 2. The van der Waals surface area contributed by atoms with Crippen LogP contribution in [0.15, 0.2) is 96.1 Å². The molecule has 2 aliphatic rings. The highest BCUT2D eigenvalue weighted by molar-refractivity contribution is 6.21. The molecule has 3 aromatic rings. The molecular weight excluding hydrogens is 408 g/mol. The maximum Gasteiger partial charge on any atom is 0.262 e. The Morgan fingerprint density at radius 2 is 1.21 bits per heavy atom. The lowest BCUT2D eigenvalue weighted by Crippen LogP contribution is -2.47. The van der Waals surface area contributed by atoms with E-state index in [-0.39, 0.29) is 23.9 Å². The first-order chi connectivity index (χ1) is 16.1. The summed E-state index contributed by atoms with van der Waals surface area (Å²) in [6.45, 7) is 5.78. The van der Waals surface area contributed by atoms with Gasteiger partial charge in [0.2, 0.25) is 0 Å². The molecule has 0 radical (unpaired) electrons. The molecule has 5 rings (SSSR count). The number of hydrogen-bond donors (Lipinski definition) is 0. The molecule has 2 heterocycles. The maximum atomic E-state index is 13.0. The van der Waals surface area contributed by atoms with Crippen molar-refractivity contribution >= 4 is 11.8 Å². The average molecular weight is 437 g/mol. The van der Waals surface area contributed by atoms with Gasteiger partial charge in [0.15, 0.2) is 0 Å². The summed E-state index contributed by atoms with van der Waals surface area (Å²) in [5.74, 6) is -0.366. The molecule has 4 heteroatoms. The lowest BCUT2D eigenvalue weighted by molar-refractivity contribution is 0.0614. The van der Waals surface area contributed by atoms with Crippen LogP contribution in [0.2, 0.25) is 0 Å². The second kappa shape index (κ2) is 8.80. The van der Waals surface area contributed by atoms with Gasteiger partial charge >= 0.3 is 0 Å². The SMILES string of the molecule is CCC(=C1CN(C(c2ccccc2)c2ccccc2)C1)C(C)N1C(=O)c2ccccc2C1=O. The summed E-state index contributed by atoms with van der Waals surface area (Å²) in [6, 6.07) is 28.2. The fourth-order valence-electron chi connectivity index (χ4n) is 5.27. The first kappa shape index (κ1) is 21.4. The molecule has 3 aromatic carbocycles. The fraction of sp³-hybridized carbons (Fsp3) is 0.241. The first-order valence-electron chi connectivity index (χ1n) is 11.6. The zero-order valence-electron chi connectivity index (χ0n) is 19.1. The van der Waals surface area contributed by atoms with Crippen molar-refractivity contribution in [1.82, 2.24) is 9.80 Å². The lowest BCUT2D eigenvalue weighted by atomic mass is 9.88. The van der Waals surface area contributed by atoms with Crippen molar-refractivity contribution in [3.63, 3.8) is 0 Å². The van der Waals surface area contributed by atoms with E-state index in [1.165, 1.54) is 27.2 Å². The van der Waals surface area contributed by atoms with Gasteiger partial charge < -0.3 is 0 Å². The number of fused-ring (bicyclic) bond motifs is 1. The Kier molecular flexibility index (Phi) is 5.69. The normalized spacial score (nSPS) is 16.7. The van der Waals surface area contributed by atoms with Gasteiger partial charge in [0, 0.05) is 13.1 Å². The quantitative estimate of drug-likeness (QED) is 0.379. The minimum Gasteiger partial charge on any atom is -0.284 e. The maximum absolute atomic E-state index is 13.0. The van der Waals surface area contributed by atoms with Crippen molar-refractivity contribution in [3.05, 3.63) is 118 Å². The molecule has 2 aliphatic heterocycles. The van der Waals surface area contributed by atoms with E-state index < -0.39 is 0 Å². The standard InChI is InChI=1S/C29H28N2O2/c1-3-24(20(2)31-28(32)25-16-10-11-17-26(25)29(31)33)23-18-30(19-23)27(21-12-6-4-7-13-21)22-14-8-5-9-15-22/h4-17,20,27H,3,18-19H2,1-2H3. The van der Waals surface area contributed by atoms with Crippen molar-refractivity contribution in [2.75, 3.05) is 13.1 Å². The fourth-order valence-corrected chi connectivity index (χ4v) is 5.27. The van der Waals surface area contributed by atoms with Crippen LogP contribution in [0.25, 0.3) is 0 Å². The van der Waals surface area contributed by atoms with Crippen molar-refractivity contribution in [1.29, 1.82) is 0 Å². The highest BCUT2D eigenvalue weighted by atomic mass is 16.2. The van der Waals surface area contributed by atoms with E-state index in [4.69, 9.17) is 0 Å². The molecule has 1 atom stereocenters. The Morgan fingerprint density at radius 1 is 0.758 bits per heavy atom. The topological polar surface area (TPSA) is 40.6 Å². The number of likely N-dealkylation sites (tertiary alicyclic amines) is 1. The molecule has 1 saturated heterocycles. The second-order valence-corrected chi connectivity index (χ2v) is 8.81. The third-order valence-electron chi connectivity index (χ3n) is 6.94. The zero-order valence-corrected chi connectivity index (χ0v) is 19.1. The molecule has 0 aliphatic carbocycles. The highest BCUT2D eigenvalue weighted by Crippen LogP contribution is 2.37. The van der Waals surface area contributed by atoms with E-state index in [1.807, 2.05) is 31.2 Å². The molecule has 1 fully saturated rings. The van der Waals surface area contributed by atoms with Gasteiger partial charge in [-0.15, -0.1) is 0 Å². The second-order valence-electron chi connectivity index (χ2n) is 8.81. The molecule has 0 spiro atoms. The Morgan fingerprint density at radius 3 is 1.67 bits per heavy atom. The van der Waals surface area contributed by atoms with Gasteiger partial charge in [-0.1, -0.05) is 79.7 Å². The third-order valence-corrected chi connectivity index (χ3v) is 6.94. The van der Waals surface area contributed by atoms with Crippen LogP contribution in [0.1, 0.15) is 58.2 Å². The van der Waals surface area contributed by atoms with E-state index >= 15 is 0 Å². The van der Waals surface area contributed by atoms with Crippen LogP contribution in [0.4, 0.5) is 0 Å². The van der Waals surface area contributed by atoms with Gasteiger partial charge in [-0.2, -0.15) is 0 Å². The summed E-state index contributed by atoms with van der Waals surface area (Å²) in [5, 5.41) is 0. The van der Waals surface area contributed by atoms with Crippen molar-refractivity contribution in [3.8, 4) is 0 Å². The Bertz CT molecular complexity index is 1130. The van der Waals surface area contributed by atoms with Gasteiger partial charge in [0.05, 0.1) is 23.2 Å². The first-order valence-corrected chi connectivity index (χ1v) is 11.6. The summed E-state index contributed by atoms with van der Waals surface area (Å²) < 4.78 is 0. The van der Waals surface area contributed by atoms with Gasteiger partial charge in [0.25, 0.3) is 11.8 Å². The molecule has 0 saturated carbocycles. The van der Waals surface area contributed by atoms with Crippen LogP contribution < -0.4 is 0 Å². The number of amides is 2. The monoisotopic (exact) mass is 436 g/mol. The van der Waals surface area contributed by atoms with Gasteiger partial charge in [-0.3, -0.25) is 19.4 Å². The zero-order chi connectivity index (χ0) is 22.9. The highest BCUT2D eigenvalue weighted by Gasteiger charge is 2.41. The van der Waals surface area contributed by atoms with Crippen LogP contribution in [0.5, 0.6) is 0 Å². The van der Waals surface area contributed by atoms with Gasteiger partial charge in [-0.25, -0.2) is 0 Å². The van der Waals surface area contributed by atoms with Crippen molar-refractivity contribution in [2.45, 2.75) is 32.4 Å². The number of rotatable bonds is 6. The van der Waals surface area contributed by atoms with Gasteiger partial charge in [-0.05, 0) is 47.8 Å². The number of hydrogen-bond acceptors (Lipinski definition) is 3. The van der Waals surface area contributed by atoms with Gasteiger partial charge in [0.1, 0.15) is 0 Å². The van der Waals surface area contributed by atoms with Crippen LogP contribution in [-0.2, 0) is 0 Å². The smallest absolute Gasteiger partial charge is 0.262 e. The summed E-state index contributed by atoms with van der Waals surface area (Å²) >= 11 is 0. The Labute approximate surface area is 195 Å². The van der Waals surface area contributed by atoms with E-state index in [2.05, 4.69) is 60.4 Å². The molecule has 33 heavy (non-hydrogen) atoms. The molecule has 2 amide bonds. The van der Waals surface area contributed by atoms with E-state index in [0.717, 1.165) is 19.5 Å². The Hall–Kier alpha value is -3.50. The molecule has 166 valence electrons.